The molecule has 3 heterocycles. The van der Waals surface area contributed by atoms with Crippen molar-refractivity contribution < 1.29 is 21.6 Å². The summed E-state index contributed by atoms with van der Waals surface area (Å²) in [5, 5.41) is 13.0. The van der Waals surface area contributed by atoms with Crippen LogP contribution in [-0.2, 0) is 16.2 Å². The molecule has 0 radical (unpaired) electrons. The molecular weight excluding hydrogens is 483 g/mol. The van der Waals surface area contributed by atoms with Crippen molar-refractivity contribution in [2.45, 2.75) is 50.9 Å². The van der Waals surface area contributed by atoms with Crippen LogP contribution in [0.4, 0.5) is 19.1 Å². The van der Waals surface area contributed by atoms with Gasteiger partial charge in [0.2, 0.25) is 16.0 Å². The quantitative estimate of drug-likeness (QED) is 0.461. The summed E-state index contributed by atoms with van der Waals surface area (Å²) >= 11 is 0. The highest BCUT2D eigenvalue weighted by Crippen LogP contribution is 2.35. The van der Waals surface area contributed by atoms with Crippen LogP contribution in [-0.4, -0.2) is 46.7 Å². The van der Waals surface area contributed by atoms with Crippen molar-refractivity contribution in [1.82, 2.24) is 24.7 Å². The van der Waals surface area contributed by atoms with Crippen LogP contribution < -0.4 is 10.0 Å². The standard InChI is InChI=1S/C22H24F3N7O2S/c1-12(13-3-5-16(6-4-13)32-35(2,33)34)30-21-29-9-14(8-26)19(31-21)18-11-28-20-17(18)7-15(10-27-20)22(23,24)25/h7,9-13,16,32H,3-6H2,1-2H3,(H,27,28)(H,29,30,31)/t12-,13-,16+/m1/s1. The molecule has 1 atom stereocenters. The number of rotatable bonds is 6. The molecule has 0 aromatic carbocycles. The molecular formula is C22H24F3N7O2S. The lowest BCUT2D eigenvalue weighted by atomic mass is 9.82. The van der Waals surface area contributed by atoms with Crippen LogP contribution in [0.3, 0.4) is 0 Å². The number of nitrogens with zero attached hydrogens (tertiary/aromatic N) is 4. The van der Waals surface area contributed by atoms with Gasteiger partial charge in [-0.3, -0.25) is 0 Å². The van der Waals surface area contributed by atoms with Gasteiger partial charge in [-0.25, -0.2) is 28.1 Å². The molecule has 9 nitrogen and oxygen atoms in total. The first-order chi connectivity index (χ1) is 16.4. The molecule has 3 aromatic rings. The van der Waals surface area contributed by atoms with Gasteiger partial charge in [-0.2, -0.15) is 18.4 Å². The normalized spacial score (nSPS) is 19.9. The summed E-state index contributed by atoms with van der Waals surface area (Å²) in [4.78, 5) is 15.4. The molecule has 4 rings (SSSR count). The Morgan fingerprint density at radius 1 is 1.20 bits per heavy atom. The second kappa shape index (κ2) is 9.43. The lowest BCUT2D eigenvalue weighted by Gasteiger charge is -2.32. The van der Waals surface area contributed by atoms with Gasteiger partial charge in [0.15, 0.2) is 0 Å². The highest BCUT2D eigenvalue weighted by atomic mass is 32.2. The van der Waals surface area contributed by atoms with E-state index >= 15 is 0 Å². The number of hydrogen-bond donors (Lipinski definition) is 3. The van der Waals surface area contributed by atoms with Gasteiger partial charge in [0, 0.05) is 35.4 Å². The molecule has 3 aromatic heterocycles. The second-order valence-corrected chi connectivity index (χ2v) is 10.6. The van der Waals surface area contributed by atoms with E-state index in [1.165, 1.54) is 12.4 Å². The largest absolute Gasteiger partial charge is 0.417 e. The summed E-state index contributed by atoms with van der Waals surface area (Å²) in [5.41, 5.74) is -0.00990. The summed E-state index contributed by atoms with van der Waals surface area (Å²) in [6, 6.07) is 2.85. The SMILES string of the molecule is C[C@@H](Nc1ncc(C#N)c(-c2c[nH]c3ncc(C(F)(F)F)cc23)n1)[C@H]1CC[C@@H](NS(C)(=O)=O)CC1. The fraction of sp³-hybridized carbons (Fsp3) is 0.455. The zero-order chi connectivity index (χ0) is 25.4. The van der Waals surface area contributed by atoms with Gasteiger partial charge in [0.25, 0.3) is 0 Å². The lowest BCUT2D eigenvalue weighted by Crippen LogP contribution is -2.39. The molecule has 0 bridgehead atoms. The highest BCUT2D eigenvalue weighted by Gasteiger charge is 2.32. The summed E-state index contributed by atoms with van der Waals surface area (Å²) in [5.74, 6) is 0.499. The number of fused-ring (bicyclic) bond motifs is 1. The molecule has 1 saturated carbocycles. The van der Waals surface area contributed by atoms with E-state index in [4.69, 9.17) is 0 Å². The molecule has 1 aliphatic carbocycles. The van der Waals surface area contributed by atoms with Crippen LogP contribution >= 0.6 is 0 Å². The summed E-state index contributed by atoms with van der Waals surface area (Å²) in [6.07, 6.45) is 3.20. The van der Waals surface area contributed by atoms with Crippen molar-refractivity contribution in [3.05, 3.63) is 35.8 Å². The molecule has 3 N–H and O–H groups in total. The Labute approximate surface area is 200 Å². The number of aromatic nitrogens is 4. The van der Waals surface area contributed by atoms with E-state index in [2.05, 4.69) is 30.0 Å². The van der Waals surface area contributed by atoms with Gasteiger partial charge in [-0.1, -0.05) is 0 Å². The first kappa shape index (κ1) is 24.9. The number of nitriles is 1. The number of nitrogens with one attached hydrogen (secondary N) is 3. The van der Waals surface area contributed by atoms with E-state index in [9.17, 15) is 26.9 Å². The molecule has 13 heteroatoms. The van der Waals surface area contributed by atoms with Crippen molar-refractivity contribution in [2.75, 3.05) is 11.6 Å². The Kier molecular flexibility index (Phi) is 6.70. The Morgan fingerprint density at radius 3 is 2.54 bits per heavy atom. The Hall–Kier alpha value is -3.24. The van der Waals surface area contributed by atoms with E-state index in [0.717, 1.165) is 31.4 Å². The molecule has 1 fully saturated rings. The Morgan fingerprint density at radius 2 is 1.91 bits per heavy atom. The van der Waals surface area contributed by atoms with E-state index in [1.807, 2.05) is 13.0 Å². The third-order valence-electron chi connectivity index (χ3n) is 6.24. The first-order valence-electron chi connectivity index (χ1n) is 11.0. The van der Waals surface area contributed by atoms with Gasteiger partial charge in [0.1, 0.15) is 11.7 Å². The third kappa shape index (κ3) is 5.71. The van der Waals surface area contributed by atoms with Gasteiger partial charge < -0.3 is 10.3 Å². The molecule has 1 aliphatic rings. The number of H-pyrrole nitrogens is 1. The van der Waals surface area contributed by atoms with Crippen LogP contribution in [0.1, 0.15) is 43.7 Å². The Bertz CT molecular complexity index is 1370. The van der Waals surface area contributed by atoms with Crippen LogP contribution in [0.5, 0.6) is 0 Å². The van der Waals surface area contributed by atoms with E-state index in [1.54, 1.807) is 0 Å². The zero-order valence-corrected chi connectivity index (χ0v) is 19.8. The van der Waals surface area contributed by atoms with Crippen LogP contribution in [0.25, 0.3) is 22.3 Å². The molecule has 186 valence electrons. The number of pyridine rings is 1. The topological polar surface area (TPSA) is 136 Å². The monoisotopic (exact) mass is 507 g/mol. The van der Waals surface area contributed by atoms with Crippen LogP contribution in [0, 0.1) is 17.2 Å². The fourth-order valence-corrected chi connectivity index (χ4v) is 5.30. The minimum absolute atomic E-state index is 0.0450. The van der Waals surface area contributed by atoms with Crippen LogP contribution in [0.2, 0.25) is 0 Å². The minimum atomic E-state index is -4.56. The highest BCUT2D eigenvalue weighted by molar-refractivity contribution is 7.88. The number of hydrogen-bond acceptors (Lipinski definition) is 7. The number of alkyl halides is 3. The molecule has 0 saturated heterocycles. The predicted molar refractivity (Wildman–Crippen MR) is 124 cm³/mol. The maximum atomic E-state index is 13.2. The number of halogens is 3. The Balaban J connectivity index is 1.56. The number of aromatic amines is 1. The lowest BCUT2D eigenvalue weighted by molar-refractivity contribution is -0.137. The zero-order valence-electron chi connectivity index (χ0n) is 19.0. The minimum Gasteiger partial charge on any atom is -0.351 e. The second-order valence-electron chi connectivity index (χ2n) is 8.82. The third-order valence-corrected chi connectivity index (χ3v) is 7.00. The fourth-order valence-electron chi connectivity index (χ4n) is 4.45. The number of anilines is 1. The van der Waals surface area contributed by atoms with Gasteiger partial charge in [-0.15, -0.1) is 0 Å². The molecule has 35 heavy (non-hydrogen) atoms. The van der Waals surface area contributed by atoms with E-state index in [0.29, 0.717) is 18.4 Å². The summed E-state index contributed by atoms with van der Waals surface area (Å²) in [6.45, 7) is 1.97. The molecule has 0 unspecified atom stereocenters. The van der Waals surface area contributed by atoms with Crippen molar-refractivity contribution in [3.8, 4) is 17.3 Å². The van der Waals surface area contributed by atoms with E-state index < -0.39 is 21.8 Å². The first-order valence-corrected chi connectivity index (χ1v) is 12.9. The van der Waals surface area contributed by atoms with Crippen molar-refractivity contribution in [2.24, 2.45) is 5.92 Å². The smallest absolute Gasteiger partial charge is 0.351 e. The van der Waals surface area contributed by atoms with Gasteiger partial charge >= 0.3 is 6.18 Å². The van der Waals surface area contributed by atoms with Crippen LogP contribution in [0.15, 0.2) is 24.7 Å². The average molecular weight is 508 g/mol. The summed E-state index contributed by atoms with van der Waals surface area (Å²) in [7, 11) is -3.25. The van der Waals surface area contributed by atoms with E-state index in [-0.39, 0.29) is 46.2 Å². The molecule has 0 spiro atoms. The van der Waals surface area contributed by atoms with Gasteiger partial charge in [-0.05, 0) is 44.6 Å². The molecule has 0 amide bonds. The molecule has 0 aliphatic heterocycles. The maximum Gasteiger partial charge on any atom is 0.417 e. The van der Waals surface area contributed by atoms with Crippen molar-refractivity contribution in [3.63, 3.8) is 0 Å². The van der Waals surface area contributed by atoms with Gasteiger partial charge in [0.05, 0.1) is 29.3 Å². The summed E-state index contributed by atoms with van der Waals surface area (Å²) < 4.78 is 65.2. The van der Waals surface area contributed by atoms with Crippen molar-refractivity contribution >= 4 is 27.0 Å². The average Bonchev–Trinajstić information content (AvgIpc) is 3.21. The predicted octanol–water partition coefficient (Wildman–Crippen LogP) is 3.82. The van der Waals surface area contributed by atoms with Crippen molar-refractivity contribution in [1.29, 1.82) is 5.26 Å². The maximum absolute atomic E-state index is 13.2. The number of sulfonamides is 1.